The lowest BCUT2D eigenvalue weighted by atomic mass is 10.3. The standard InChI is InChI=1S/C5H5N3OS/c6-3-5(4(7)9)8-1-2-10-5/h1-2,8H,(H2,7,9). The van der Waals surface area contributed by atoms with Crippen LogP contribution in [0.3, 0.4) is 0 Å². The number of nitrogens with two attached hydrogens (primary N) is 1. The van der Waals surface area contributed by atoms with Gasteiger partial charge in [0.1, 0.15) is 6.07 Å². The lowest BCUT2D eigenvalue weighted by Gasteiger charge is -2.14. The van der Waals surface area contributed by atoms with Crippen molar-refractivity contribution >= 4 is 17.7 Å². The summed E-state index contributed by atoms with van der Waals surface area (Å²) >= 11 is 1.07. The van der Waals surface area contributed by atoms with Crippen molar-refractivity contribution in [2.75, 3.05) is 0 Å². The van der Waals surface area contributed by atoms with Crippen molar-refractivity contribution in [1.29, 1.82) is 5.26 Å². The second-order valence-electron chi connectivity index (χ2n) is 1.72. The zero-order chi connectivity index (χ0) is 7.61. The largest absolute Gasteiger partial charge is 0.366 e. The van der Waals surface area contributed by atoms with Gasteiger partial charge in [-0.25, -0.2) is 0 Å². The Kier molecular flexibility index (Phi) is 1.55. The molecule has 5 heteroatoms. The van der Waals surface area contributed by atoms with Crippen molar-refractivity contribution in [2.45, 2.75) is 4.87 Å². The minimum atomic E-state index is -1.26. The molecule has 0 spiro atoms. The molecule has 0 saturated heterocycles. The molecule has 1 aliphatic heterocycles. The third-order valence-corrected chi connectivity index (χ3v) is 2.14. The molecule has 3 N–H and O–H groups in total. The zero-order valence-corrected chi connectivity index (χ0v) is 5.81. The Morgan fingerprint density at radius 1 is 1.90 bits per heavy atom. The molecule has 1 rings (SSSR count). The van der Waals surface area contributed by atoms with Gasteiger partial charge in [0.25, 0.3) is 10.8 Å². The summed E-state index contributed by atoms with van der Waals surface area (Å²) in [6.45, 7) is 0. The smallest absolute Gasteiger partial charge is 0.269 e. The summed E-state index contributed by atoms with van der Waals surface area (Å²) in [6, 6.07) is 1.79. The number of nitrogens with zero attached hydrogens (tertiary/aromatic N) is 1. The van der Waals surface area contributed by atoms with Crippen LogP contribution in [0.25, 0.3) is 0 Å². The maximum absolute atomic E-state index is 10.6. The van der Waals surface area contributed by atoms with Crippen LogP contribution < -0.4 is 11.1 Å². The summed E-state index contributed by atoms with van der Waals surface area (Å²) in [7, 11) is 0. The van der Waals surface area contributed by atoms with Gasteiger partial charge in [-0.1, -0.05) is 11.8 Å². The number of carbonyl (C=O) groups excluding carboxylic acids is 1. The maximum Gasteiger partial charge on any atom is 0.269 e. The van der Waals surface area contributed by atoms with Gasteiger partial charge in [-0.15, -0.1) is 0 Å². The van der Waals surface area contributed by atoms with Crippen LogP contribution in [0.1, 0.15) is 0 Å². The first kappa shape index (κ1) is 6.96. The van der Waals surface area contributed by atoms with Crippen molar-refractivity contribution in [2.24, 2.45) is 5.73 Å². The minimum Gasteiger partial charge on any atom is -0.366 e. The van der Waals surface area contributed by atoms with Gasteiger partial charge in [-0.2, -0.15) is 5.26 Å². The highest BCUT2D eigenvalue weighted by Crippen LogP contribution is 2.26. The molecule has 4 nitrogen and oxygen atoms in total. The van der Waals surface area contributed by atoms with Crippen LogP contribution in [0.15, 0.2) is 11.6 Å². The Labute approximate surface area is 62.1 Å². The van der Waals surface area contributed by atoms with E-state index in [0.717, 1.165) is 11.8 Å². The van der Waals surface area contributed by atoms with Crippen LogP contribution >= 0.6 is 11.8 Å². The number of hydrogen-bond donors (Lipinski definition) is 2. The fourth-order valence-corrected chi connectivity index (χ4v) is 1.21. The monoisotopic (exact) mass is 155 g/mol. The van der Waals surface area contributed by atoms with Crippen molar-refractivity contribution in [1.82, 2.24) is 5.32 Å². The first-order valence-corrected chi connectivity index (χ1v) is 3.41. The molecule has 1 aliphatic rings. The number of rotatable bonds is 1. The number of nitrogens with one attached hydrogen (secondary N) is 1. The number of hydrogen-bond acceptors (Lipinski definition) is 4. The topological polar surface area (TPSA) is 78.9 Å². The average Bonchev–Trinajstić information content (AvgIpc) is 2.35. The molecule has 0 aliphatic carbocycles. The van der Waals surface area contributed by atoms with Crippen molar-refractivity contribution in [3.8, 4) is 6.07 Å². The van der Waals surface area contributed by atoms with Gasteiger partial charge in [-0.05, 0) is 5.41 Å². The summed E-state index contributed by atoms with van der Waals surface area (Å²) in [5.41, 5.74) is 4.96. The van der Waals surface area contributed by atoms with Crippen molar-refractivity contribution < 1.29 is 4.79 Å². The molecule has 0 aromatic heterocycles. The lowest BCUT2D eigenvalue weighted by molar-refractivity contribution is -0.119. The van der Waals surface area contributed by atoms with Crippen LogP contribution in [-0.2, 0) is 4.79 Å². The molecule has 0 radical (unpaired) electrons. The first-order valence-electron chi connectivity index (χ1n) is 2.53. The first-order chi connectivity index (χ1) is 4.71. The van der Waals surface area contributed by atoms with E-state index in [0.29, 0.717) is 0 Å². The number of carbonyl (C=O) groups is 1. The quantitative estimate of drug-likeness (QED) is 0.535. The zero-order valence-electron chi connectivity index (χ0n) is 5.00. The molecular formula is C5H5N3OS. The van der Waals surface area contributed by atoms with Crippen LogP contribution in [0, 0.1) is 11.3 Å². The van der Waals surface area contributed by atoms with E-state index in [1.165, 1.54) is 6.20 Å². The van der Waals surface area contributed by atoms with Crippen molar-refractivity contribution in [3.05, 3.63) is 11.6 Å². The van der Waals surface area contributed by atoms with Gasteiger partial charge >= 0.3 is 0 Å². The van der Waals surface area contributed by atoms with E-state index in [1.54, 1.807) is 11.5 Å². The Hall–Kier alpha value is -1.15. The molecule has 0 saturated carbocycles. The van der Waals surface area contributed by atoms with Crippen molar-refractivity contribution in [3.63, 3.8) is 0 Å². The van der Waals surface area contributed by atoms with E-state index in [4.69, 9.17) is 11.0 Å². The second-order valence-corrected chi connectivity index (χ2v) is 2.84. The lowest BCUT2D eigenvalue weighted by Crippen LogP contribution is -2.47. The summed E-state index contributed by atoms with van der Waals surface area (Å²) in [6.07, 6.45) is 1.53. The van der Waals surface area contributed by atoms with E-state index in [1.807, 2.05) is 0 Å². The summed E-state index contributed by atoms with van der Waals surface area (Å²) < 4.78 is 0. The highest BCUT2D eigenvalue weighted by Gasteiger charge is 2.38. The third-order valence-electron chi connectivity index (χ3n) is 1.10. The van der Waals surface area contributed by atoms with Gasteiger partial charge in [-0.3, -0.25) is 4.79 Å². The van der Waals surface area contributed by atoms with Crippen LogP contribution in [0.2, 0.25) is 0 Å². The second kappa shape index (κ2) is 2.23. The number of thioether (sulfide) groups is 1. The molecule has 0 aromatic carbocycles. The fourth-order valence-electron chi connectivity index (χ4n) is 0.564. The normalized spacial score (nSPS) is 29.1. The van der Waals surface area contributed by atoms with Crippen LogP contribution in [-0.4, -0.2) is 10.8 Å². The molecule has 0 aromatic rings. The molecule has 1 amide bonds. The number of primary amides is 1. The van der Waals surface area contributed by atoms with E-state index < -0.39 is 10.8 Å². The average molecular weight is 155 g/mol. The summed E-state index contributed by atoms with van der Waals surface area (Å²) in [5.74, 6) is -0.662. The summed E-state index contributed by atoms with van der Waals surface area (Å²) in [5, 5.41) is 12.7. The van der Waals surface area contributed by atoms with Gasteiger partial charge < -0.3 is 11.1 Å². The van der Waals surface area contributed by atoms with Gasteiger partial charge in [0, 0.05) is 6.20 Å². The molecular weight excluding hydrogens is 150 g/mol. The molecule has 1 unspecified atom stereocenters. The van der Waals surface area contributed by atoms with Gasteiger partial charge in [0.2, 0.25) is 0 Å². The number of amides is 1. The van der Waals surface area contributed by atoms with E-state index in [9.17, 15) is 4.79 Å². The Balaban J connectivity index is 2.84. The maximum atomic E-state index is 10.6. The van der Waals surface area contributed by atoms with Crippen LogP contribution in [0.4, 0.5) is 0 Å². The van der Waals surface area contributed by atoms with Gasteiger partial charge in [0.15, 0.2) is 0 Å². The van der Waals surface area contributed by atoms with Crippen LogP contribution in [0.5, 0.6) is 0 Å². The number of nitriles is 1. The van der Waals surface area contributed by atoms with Gasteiger partial charge in [0.05, 0.1) is 0 Å². The third kappa shape index (κ3) is 0.826. The Bertz CT molecular complexity index is 222. The molecule has 0 fully saturated rings. The minimum absolute atomic E-state index is 0.662. The molecule has 10 heavy (non-hydrogen) atoms. The predicted molar refractivity (Wildman–Crippen MR) is 37.4 cm³/mol. The summed E-state index contributed by atoms with van der Waals surface area (Å²) in [4.78, 5) is 9.37. The molecule has 52 valence electrons. The highest BCUT2D eigenvalue weighted by molar-refractivity contribution is 8.04. The Morgan fingerprint density at radius 3 is 2.80 bits per heavy atom. The highest BCUT2D eigenvalue weighted by atomic mass is 32.2. The fraction of sp³-hybridized carbons (Fsp3) is 0.200. The SMILES string of the molecule is N#CC1(C(N)=O)NC=CS1. The van der Waals surface area contributed by atoms with E-state index in [2.05, 4.69) is 5.32 Å². The molecule has 1 atom stereocenters. The molecule has 1 heterocycles. The van der Waals surface area contributed by atoms with E-state index >= 15 is 0 Å². The van der Waals surface area contributed by atoms with E-state index in [-0.39, 0.29) is 0 Å². The predicted octanol–water partition coefficient (Wildman–Crippen LogP) is -0.501. The molecule has 0 bridgehead atoms. The Morgan fingerprint density at radius 2 is 2.60 bits per heavy atom.